The molecule has 9 heteroatoms. The summed E-state index contributed by atoms with van der Waals surface area (Å²) >= 11 is 0. The molecule has 2 amide bonds. The monoisotopic (exact) mass is 524 g/mol. The van der Waals surface area contributed by atoms with Crippen molar-refractivity contribution in [3.63, 3.8) is 0 Å². The van der Waals surface area contributed by atoms with Crippen molar-refractivity contribution in [2.24, 2.45) is 0 Å². The zero-order chi connectivity index (χ0) is 26.7. The summed E-state index contributed by atoms with van der Waals surface area (Å²) < 4.78 is 29.2. The number of nitrogens with one attached hydrogen (secondary N) is 2. The Labute approximate surface area is 219 Å². The van der Waals surface area contributed by atoms with Gasteiger partial charge in [-0.2, -0.15) is 4.31 Å². The summed E-state index contributed by atoms with van der Waals surface area (Å²) in [6.45, 7) is 7.88. The maximum absolute atomic E-state index is 14.0. The quantitative estimate of drug-likeness (QED) is 0.542. The third-order valence-electron chi connectivity index (χ3n) is 7.28. The number of hydrogen-bond donors (Lipinski definition) is 2. The first-order valence-corrected chi connectivity index (χ1v) is 14.1. The topological polar surface area (TPSA) is 98.8 Å². The van der Waals surface area contributed by atoms with E-state index in [1.807, 2.05) is 26.0 Å². The minimum absolute atomic E-state index is 0.0119. The first kappa shape index (κ1) is 27.0. The molecule has 0 bridgehead atoms. The molecule has 4 rings (SSSR count). The molecule has 1 atom stereocenters. The lowest BCUT2D eigenvalue weighted by atomic mass is 10.1. The number of rotatable bonds is 7. The van der Waals surface area contributed by atoms with Gasteiger partial charge < -0.3 is 15.5 Å². The third kappa shape index (κ3) is 6.11. The number of benzene rings is 2. The number of amides is 2. The zero-order valence-electron chi connectivity index (χ0n) is 22.0. The minimum Gasteiger partial charge on any atom is -0.356 e. The standard InChI is InChI=1S/C28H36N4O4S/c1-19-15-21(3)26(16-20(19)2)37(35,36)32-18-23-7-5-6-8-24(23)30-28(34)25(32)17-27(33)29-12-9-22-10-13-31(4)14-11-22/h5-8,10,15-16,25H,9,11-14,17-18H2,1-4H3,(H,29,33)(H,30,34). The molecule has 1 unspecified atom stereocenters. The lowest BCUT2D eigenvalue weighted by Crippen LogP contribution is -2.48. The van der Waals surface area contributed by atoms with Gasteiger partial charge in [0.2, 0.25) is 21.8 Å². The molecule has 0 spiro atoms. The van der Waals surface area contributed by atoms with E-state index in [-0.39, 0.29) is 23.8 Å². The molecule has 8 nitrogen and oxygen atoms in total. The summed E-state index contributed by atoms with van der Waals surface area (Å²) in [7, 11) is -2.02. The average molecular weight is 525 g/mol. The summed E-state index contributed by atoms with van der Waals surface area (Å²) in [6.07, 6.45) is 3.64. The Morgan fingerprint density at radius 2 is 1.84 bits per heavy atom. The molecule has 0 saturated heterocycles. The summed E-state index contributed by atoms with van der Waals surface area (Å²) in [5.41, 5.74) is 4.98. The second-order valence-corrected chi connectivity index (χ2v) is 12.0. The van der Waals surface area contributed by atoms with Gasteiger partial charge in [-0.05, 0) is 75.0 Å². The Morgan fingerprint density at radius 3 is 2.57 bits per heavy atom. The van der Waals surface area contributed by atoms with Gasteiger partial charge in [-0.1, -0.05) is 35.9 Å². The van der Waals surface area contributed by atoms with E-state index >= 15 is 0 Å². The van der Waals surface area contributed by atoms with Gasteiger partial charge in [0, 0.05) is 31.9 Å². The number of carbonyl (C=O) groups excluding carboxylic acids is 2. The Bertz CT molecular complexity index is 1340. The highest BCUT2D eigenvalue weighted by Crippen LogP contribution is 2.31. The van der Waals surface area contributed by atoms with Crippen molar-refractivity contribution in [2.45, 2.75) is 57.5 Å². The van der Waals surface area contributed by atoms with Gasteiger partial charge in [0.05, 0.1) is 11.3 Å². The molecule has 2 aliphatic heterocycles. The minimum atomic E-state index is -4.09. The lowest BCUT2D eigenvalue weighted by Gasteiger charge is -2.28. The number of carbonyl (C=O) groups is 2. The number of nitrogens with zero attached hydrogens (tertiary/aromatic N) is 2. The van der Waals surface area contributed by atoms with Gasteiger partial charge in [0.1, 0.15) is 6.04 Å². The largest absolute Gasteiger partial charge is 0.356 e. The molecule has 0 radical (unpaired) electrons. The van der Waals surface area contributed by atoms with Crippen molar-refractivity contribution >= 4 is 27.5 Å². The van der Waals surface area contributed by atoms with Gasteiger partial charge >= 0.3 is 0 Å². The van der Waals surface area contributed by atoms with Gasteiger partial charge in [0.15, 0.2) is 0 Å². The normalized spacial score (nSPS) is 19.0. The number of fused-ring (bicyclic) bond motifs is 1. The van der Waals surface area contributed by atoms with Gasteiger partial charge in [-0.3, -0.25) is 9.59 Å². The Balaban J connectivity index is 1.59. The molecule has 2 N–H and O–H groups in total. The van der Waals surface area contributed by atoms with E-state index in [1.54, 1.807) is 31.2 Å². The van der Waals surface area contributed by atoms with Crippen molar-refractivity contribution < 1.29 is 18.0 Å². The number of para-hydroxylation sites is 1. The van der Waals surface area contributed by atoms with Crippen LogP contribution in [0.2, 0.25) is 0 Å². The fraction of sp³-hybridized carbons (Fsp3) is 0.429. The van der Waals surface area contributed by atoms with E-state index in [2.05, 4.69) is 28.7 Å². The van der Waals surface area contributed by atoms with Crippen LogP contribution in [0.4, 0.5) is 5.69 Å². The van der Waals surface area contributed by atoms with Crippen LogP contribution in [0, 0.1) is 20.8 Å². The van der Waals surface area contributed by atoms with Crippen LogP contribution >= 0.6 is 0 Å². The van der Waals surface area contributed by atoms with Crippen LogP contribution in [-0.4, -0.2) is 62.2 Å². The summed E-state index contributed by atoms with van der Waals surface area (Å²) in [5, 5.41) is 5.74. The van der Waals surface area contributed by atoms with E-state index in [0.717, 1.165) is 37.1 Å². The van der Waals surface area contributed by atoms with Crippen LogP contribution in [0.25, 0.3) is 0 Å². The molecule has 2 heterocycles. The molecule has 0 saturated carbocycles. The van der Waals surface area contributed by atoms with Crippen molar-refractivity contribution in [1.82, 2.24) is 14.5 Å². The molecule has 37 heavy (non-hydrogen) atoms. The predicted molar refractivity (Wildman–Crippen MR) is 145 cm³/mol. The SMILES string of the molecule is Cc1cc(C)c(S(=O)(=O)N2Cc3ccccc3NC(=O)C2CC(=O)NCCC2=CCN(C)CC2)cc1C. The summed E-state index contributed by atoms with van der Waals surface area (Å²) in [5.74, 6) is -0.861. The van der Waals surface area contributed by atoms with E-state index in [4.69, 9.17) is 0 Å². The smallest absolute Gasteiger partial charge is 0.244 e. The highest BCUT2D eigenvalue weighted by atomic mass is 32.2. The van der Waals surface area contributed by atoms with Crippen LogP contribution in [0.15, 0.2) is 52.9 Å². The molecule has 198 valence electrons. The molecule has 2 aliphatic rings. The second kappa shape index (κ2) is 11.2. The van der Waals surface area contributed by atoms with Gasteiger partial charge in [-0.15, -0.1) is 0 Å². The maximum Gasteiger partial charge on any atom is 0.244 e. The van der Waals surface area contributed by atoms with E-state index < -0.39 is 22.0 Å². The van der Waals surface area contributed by atoms with Crippen LogP contribution in [0.3, 0.4) is 0 Å². The Morgan fingerprint density at radius 1 is 1.11 bits per heavy atom. The van der Waals surface area contributed by atoms with Crippen molar-refractivity contribution in [3.05, 3.63) is 70.3 Å². The lowest BCUT2D eigenvalue weighted by molar-refractivity contribution is -0.127. The molecular formula is C28H36N4O4S. The van der Waals surface area contributed by atoms with Crippen LogP contribution < -0.4 is 10.6 Å². The fourth-order valence-corrected chi connectivity index (χ4v) is 6.70. The van der Waals surface area contributed by atoms with E-state index in [0.29, 0.717) is 23.4 Å². The first-order valence-electron chi connectivity index (χ1n) is 12.7. The first-order chi connectivity index (χ1) is 17.6. The van der Waals surface area contributed by atoms with Gasteiger partial charge in [0.25, 0.3) is 0 Å². The highest BCUT2D eigenvalue weighted by Gasteiger charge is 2.40. The number of likely N-dealkylation sites (N-methyl/N-ethyl adjacent to an activating group) is 1. The Kier molecular flexibility index (Phi) is 8.16. The predicted octanol–water partition coefficient (Wildman–Crippen LogP) is 3.28. The van der Waals surface area contributed by atoms with E-state index in [9.17, 15) is 18.0 Å². The molecule has 0 aliphatic carbocycles. The highest BCUT2D eigenvalue weighted by molar-refractivity contribution is 7.89. The van der Waals surface area contributed by atoms with E-state index in [1.165, 1.54) is 9.88 Å². The third-order valence-corrected chi connectivity index (χ3v) is 9.28. The molecule has 2 aromatic carbocycles. The summed E-state index contributed by atoms with van der Waals surface area (Å²) in [6, 6.07) is 9.45. The number of anilines is 1. The van der Waals surface area contributed by atoms with Crippen molar-refractivity contribution in [3.8, 4) is 0 Å². The number of sulfonamides is 1. The molecular weight excluding hydrogens is 488 g/mol. The maximum atomic E-state index is 14.0. The Hall–Kier alpha value is -3.01. The average Bonchev–Trinajstić information content (AvgIpc) is 2.99. The summed E-state index contributed by atoms with van der Waals surface area (Å²) in [4.78, 5) is 28.7. The van der Waals surface area contributed by atoms with Crippen molar-refractivity contribution in [1.29, 1.82) is 0 Å². The van der Waals surface area contributed by atoms with Crippen LogP contribution in [0.1, 0.15) is 41.5 Å². The van der Waals surface area contributed by atoms with Crippen LogP contribution in [-0.2, 0) is 26.2 Å². The fourth-order valence-electron chi connectivity index (χ4n) is 4.84. The number of hydrogen-bond acceptors (Lipinski definition) is 5. The number of aryl methyl sites for hydroxylation is 3. The molecule has 0 aromatic heterocycles. The van der Waals surface area contributed by atoms with Crippen molar-refractivity contribution in [2.75, 3.05) is 32.0 Å². The van der Waals surface area contributed by atoms with Gasteiger partial charge in [-0.25, -0.2) is 8.42 Å². The zero-order valence-corrected chi connectivity index (χ0v) is 22.8. The molecule has 0 fully saturated rings. The molecule has 2 aromatic rings. The second-order valence-electron chi connectivity index (χ2n) is 10.1. The van der Waals surface area contributed by atoms with Crippen LogP contribution in [0.5, 0.6) is 0 Å².